The maximum atomic E-state index is 12.9. The molecule has 0 saturated carbocycles. The van der Waals surface area contributed by atoms with Crippen molar-refractivity contribution in [1.82, 2.24) is 4.98 Å². The van der Waals surface area contributed by atoms with Gasteiger partial charge in [-0.2, -0.15) is 0 Å². The summed E-state index contributed by atoms with van der Waals surface area (Å²) in [5.74, 6) is -1.77. The molecular formula is C12H9FN2O2. The van der Waals surface area contributed by atoms with E-state index < -0.39 is 11.8 Å². The van der Waals surface area contributed by atoms with Crippen molar-refractivity contribution in [3.8, 4) is 0 Å². The van der Waals surface area contributed by atoms with Gasteiger partial charge in [0, 0.05) is 6.20 Å². The minimum Gasteiger partial charge on any atom is -0.478 e. The highest BCUT2D eigenvalue weighted by molar-refractivity contribution is 5.95. The topological polar surface area (TPSA) is 62.2 Å². The van der Waals surface area contributed by atoms with Gasteiger partial charge in [-0.25, -0.2) is 9.18 Å². The summed E-state index contributed by atoms with van der Waals surface area (Å²) in [5.41, 5.74) is 0.849. The molecule has 1 aromatic heterocycles. The van der Waals surface area contributed by atoms with E-state index in [1.54, 1.807) is 24.5 Å². The van der Waals surface area contributed by atoms with E-state index in [9.17, 15) is 9.18 Å². The Morgan fingerprint density at radius 1 is 1.35 bits per heavy atom. The number of aromatic carboxylic acids is 1. The van der Waals surface area contributed by atoms with Crippen molar-refractivity contribution < 1.29 is 14.3 Å². The minimum absolute atomic E-state index is 0.117. The van der Waals surface area contributed by atoms with Crippen LogP contribution in [0.3, 0.4) is 0 Å². The van der Waals surface area contributed by atoms with Gasteiger partial charge < -0.3 is 10.4 Å². The molecule has 1 aromatic carbocycles. The lowest BCUT2D eigenvalue weighted by Crippen LogP contribution is -2.03. The molecule has 0 fully saturated rings. The van der Waals surface area contributed by atoms with Crippen LogP contribution in [-0.2, 0) is 0 Å². The number of halogens is 1. The van der Waals surface area contributed by atoms with Gasteiger partial charge in [0.1, 0.15) is 5.82 Å². The van der Waals surface area contributed by atoms with Crippen LogP contribution < -0.4 is 5.32 Å². The Morgan fingerprint density at radius 2 is 2.18 bits per heavy atom. The maximum Gasteiger partial charge on any atom is 0.337 e. The fraction of sp³-hybridized carbons (Fsp3) is 0. The second kappa shape index (κ2) is 4.61. The van der Waals surface area contributed by atoms with Gasteiger partial charge in [-0.1, -0.05) is 0 Å². The second-order valence-corrected chi connectivity index (χ2v) is 3.36. The van der Waals surface area contributed by atoms with Crippen molar-refractivity contribution in [3.05, 3.63) is 54.1 Å². The fourth-order valence-corrected chi connectivity index (χ4v) is 1.39. The molecule has 5 heteroatoms. The summed E-state index contributed by atoms with van der Waals surface area (Å²) in [6.07, 6.45) is 3.16. The molecule has 4 nitrogen and oxygen atoms in total. The molecule has 0 atom stereocenters. The first-order valence-corrected chi connectivity index (χ1v) is 4.87. The fourth-order valence-electron chi connectivity index (χ4n) is 1.39. The Bertz CT molecular complexity index is 543. The predicted octanol–water partition coefficient (Wildman–Crippen LogP) is 2.66. The van der Waals surface area contributed by atoms with Crippen molar-refractivity contribution >= 4 is 17.3 Å². The summed E-state index contributed by atoms with van der Waals surface area (Å²) in [4.78, 5) is 14.8. The van der Waals surface area contributed by atoms with Crippen LogP contribution in [0, 0.1) is 5.82 Å². The molecule has 0 amide bonds. The van der Waals surface area contributed by atoms with Crippen LogP contribution in [0.15, 0.2) is 42.7 Å². The third-order valence-corrected chi connectivity index (χ3v) is 2.15. The number of carboxylic acids is 1. The second-order valence-electron chi connectivity index (χ2n) is 3.36. The Morgan fingerprint density at radius 3 is 2.82 bits per heavy atom. The molecule has 1 heterocycles. The maximum absolute atomic E-state index is 12.9. The summed E-state index contributed by atoms with van der Waals surface area (Å²) < 4.78 is 12.9. The molecule has 0 aliphatic rings. The van der Waals surface area contributed by atoms with Gasteiger partial charge in [-0.15, -0.1) is 0 Å². The Hall–Kier alpha value is -2.43. The smallest absolute Gasteiger partial charge is 0.337 e. The number of carboxylic acid groups (broad SMARTS) is 1. The summed E-state index contributed by atoms with van der Waals surface area (Å²) in [5, 5.41) is 11.8. The number of hydrogen-bond donors (Lipinski definition) is 2. The number of benzene rings is 1. The number of carbonyl (C=O) groups is 1. The minimum atomic E-state index is -1.18. The highest BCUT2D eigenvalue weighted by atomic mass is 19.1. The van der Waals surface area contributed by atoms with Crippen LogP contribution in [0.25, 0.3) is 0 Å². The van der Waals surface area contributed by atoms with Gasteiger partial charge in [0.15, 0.2) is 0 Å². The molecule has 0 spiro atoms. The van der Waals surface area contributed by atoms with Gasteiger partial charge in [-0.3, -0.25) is 4.98 Å². The summed E-state index contributed by atoms with van der Waals surface area (Å²) >= 11 is 0. The number of rotatable bonds is 3. The van der Waals surface area contributed by atoms with E-state index in [1.807, 2.05) is 0 Å². The lowest BCUT2D eigenvalue weighted by molar-refractivity contribution is 0.0697. The van der Waals surface area contributed by atoms with Crippen LogP contribution in [0.2, 0.25) is 0 Å². The number of pyridine rings is 1. The van der Waals surface area contributed by atoms with Gasteiger partial charge in [0.25, 0.3) is 0 Å². The summed E-state index contributed by atoms with van der Waals surface area (Å²) in [7, 11) is 0. The van der Waals surface area contributed by atoms with Crippen molar-refractivity contribution in [2.45, 2.75) is 0 Å². The van der Waals surface area contributed by atoms with E-state index in [0.29, 0.717) is 11.4 Å². The molecule has 0 unspecified atom stereocenters. The standard InChI is InChI=1S/C12H9FN2O2/c13-8-3-4-11(10(6-8)12(16)17)15-9-2-1-5-14-7-9/h1-7,15H,(H,16,17). The van der Waals surface area contributed by atoms with Crippen LogP contribution in [0.4, 0.5) is 15.8 Å². The average molecular weight is 232 g/mol. The third-order valence-electron chi connectivity index (χ3n) is 2.15. The zero-order chi connectivity index (χ0) is 12.3. The Balaban J connectivity index is 2.36. The molecule has 0 bridgehead atoms. The van der Waals surface area contributed by atoms with Gasteiger partial charge >= 0.3 is 5.97 Å². The summed E-state index contributed by atoms with van der Waals surface area (Å²) in [6.45, 7) is 0. The Kier molecular flexibility index (Phi) is 3.00. The Labute approximate surface area is 96.7 Å². The molecule has 86 valence electrons. The average Bonchev–Trinajstić information content (AvgIpc) is 2.32. The lowest BCUT2D eigenvalue weighted by Gasteiger charge is -2.08. The van der Waals surface area contributed by atoms with Crippen molar-refractivity contribution in [1.29, 1.82) is 0 Å². The molecular weight excluding hydrogens is 223 g/mol. The molecule has 17 heavy (non-hydrogen) atoms. The van der Waals surface area contributed by atoms with E-state index in [2.05, 4.69) is 10.3 Å². The lowest BCUT2D eigenvalue weighted by atomic mass is 10.1. The normalized spacial score (nSPS) is 9.94. The molecule has 0 radical (unpaired) electrons. The van der Waals surface area contributed by atoms with Crippen LogP contribution in [0.5, 0.6) is 0 Å². The number of hydrogen-bond acceptors (Lipinski definition) is 3. The number of aromatic nitrogens is 1. The predicted molar refractivity (Wildman–Crippen MR) is 60.9 cm³/mol. The van der Waals surface area contributed by atoms with E-state index >= 15 is 0 Å². The third kappa shape index (κ3) is 2.57. The van der Waals surface area contributed by atoms with Crippen LogP contribution >= 0.6 is 0 Å². The van der Waals surface area contributed by atoms with Crippen LogP contribution in [0.1, 0.15) is 10.4 Å². The van der Waals surface area contributed by atoms with Crippen molar-refractivity contribution in [2.75, 3.05) is 5.32 Å². The van der Waals surface area contributed by atoms with Gasteiger partial charge in [-0.05, 0) is 30.3 Å². The molecule has 2 rings (SSSR count). The van der Waals surface area contributed by atoms with Gasteiger partial charge in [0.2, 0.25) is 0 Å². The first-order valence-electron chi connectivity index (χ1n) is 4.87. The van der Waals surface area contributed by atoms with E-state index in [0.717, 1.165) is 6.07 Å². The van der Waals surface area contributed by atoms with E-state index in [4.69, 9.17) is 5.11 Å². The number of anilines is 2. The molecule has 2 N–H and O–H groups in total. The highest BCUT2D eigenvalue weighted by Crippen LogP contribution is 2.21. The van der Waals surface area contributed by atoms with E-state index in [-0.39, 0.29) is 5.56 Å². The molecule has 2 aromatic rings. The zero-order valence-corrected chi connectivity index (χ0v) is 8.72. The monoisotopic (exact) mass is 232 g/mol. The quantitative estimate of drug-likeness (QED) is 0.853. The molecule has 0 aliphatic carbocycles. The van der Waals surface area contributed by atoms with Crippen LogP contribution in [-0.4, -0.2) is 16.1 Å². The zero-order valence-electron chi connectivity index (χ0n) is 8.72. The number of nitrogens with one attached hydrogen (secondary N) is 1. The van der Waals surface area contributed by atoms with Gasteiger partial charge in [0.05, 0.1) is 23.1 Å². The highest BCUT2D eigenvalue weighted by Gasteiger charge is 2.11. The summed E-state index contributed by atoms with van der Waals surface area (Å²) in [6, 6.07) is 7.01. The van der Waals surface area contributed by atoms with E-state index in [1.165, 1.54) is 12.1 Å². The van der Waals surface area contributed by atoms with Crippen molar-refractivity contribution in [3.63, 3.8) is 0 Å². The molecule has 0 saturated heterocycles. The largest absolute Gasteiger partial charge is 0.478 e. The number of nitrogens with zero attached hydrogens (tertiary/aromatic N) is 1. The SMILES string of the molecule is O=C(O)c1cc(F)ccc1Nc1cccnc1. The van der Waals surface area contributed by atoms with Crippen molar-refractivity contribution in [2.24, 2.45) is 0 Å². The first-order chi connectivity index (χ1) is 8.16. The molecule has 0 aliphatic heterocycles. The first kappa shape index (κ1) is 11.1.